The molecular weight excluding hydrogens is 512 g/mol. The number of phenols is 2. The van der Waals surface area contributed by atoms with Crippen molar-refractivity contribution in [1.29, 1.82) is 0 Å². The van der Waals surface area contributed by atoms with Crippen molar-refractivity contribution in [2.45, 2.75) is 114 Å². The van der Waals surface area contributed by atoms with Crippen LogP contribution < -0.4 is 0 Å². The zero-order valence-corrected chi connectivity index (χ0v) is 24.5. The lowest BCUT2D eigenvalue weighted by atomic mass is 9.51. The van der Waals surface area contributed by atoms with Crippen LogP contribution in [0.15, 0.2) is 30.3 Å². The first-order valence-electron chi connectivity index (χ1n) is 16.3. The molecule has 0 heterocycles. The number of hydrogen-bond donors (Lipinski definition) is 5. The Labute approximate surface area is 243 Å². The fourth-order valence-corrected chi connectivity index (χ4v) is 12.1. The molecule has 6 aliphatic carbocycles. The largest absolute Gasteiger partial charge is 0.508 e. The van der Waals surface area contributed by atoms with E-state index < -0.39 is 17.1 Å². The Morgan fingerprint density at radius 3 is 2.22 bits per heavy atom. The molecule has 6 aliphatic rings. The van der Waals surface area contributed by atoms with E-state index in [1.807, 2.05) is 18.2 Å². The molecule has 0 amide bonds. The van der Waals surface area contributed by atoms with E-state index in [2.05, 4.69) is 19.9 Å². The van der Waals surface area contributed by atoms with Gasteiger partial charge in [-0.1, -0.05) is 19.9 Å². The first kappa shape index (κ1) is 26.5. The lowest BCUT2D eigenvalue weighted by Gasteiger charge is -2.55. The van der Waals surface area contributed by atoms with Crippen LogP contribution in [0.4, 0.5) is 0 Å². The maximum absolute atomic E-state index is 13.0. The third-order valence-electron chi connectivity index (χ3n) is 14.1. The summed E-state index contributed by atoms with van der Waals surface area (Å²) in [7, 11) is 0. The van der Waals surface area contributed by atoms with Gasteiger partial charge in [0.25, 0.3) is 0 Å². The number of phenolic OH excluding ortho intramolecular Hbond substituents is 2. The summed E-state index contributed by atoms with van der Waals surface area (Å²) in [6.07, 6.45) is 9.03. The molecule has 4 saturated carbocycles. The molecule has 5 heteroatoms. The molecule has 0 unspecified atom stereocenters. The number of aliphatic hydroxyl groups is 3. The summed E-state index contributed by atoms with van der Waals surface area (Å²) in [5, 5.41) is 57.0. The molecule has 0 spiro atoms. The second-order valence-electron chi connectivity index (χ2n) is 15.4. The van der Waals surface area contributed by atoms with Gasteiger partial charge >= 0.3 is 0 Å². The van der Waals surface area contributed by atoms with E-state index >= 15 is 0 Å². The van der Waals surface area contributed by atoms with Crippen LogP contribution in [-0.4, -0.2) is 37.7 Å². The van der Waals surface area contributed by atoms with Gasteiger partial charge < -0.3 is 25.5 Å². The van der Waals surface area contributed by atoms with Crippen molar-refractivity contribution in [2.75, 3.05) is 0 Å². The van der Waals surface area contributed by atoms with E-state index in [9.17, 15) is 25.5 Å². The average Bonchev–Trinajstić information content (AvgIpc) is 3.37. The van der Waals surface area contributed by atoms with Gasteiger partial charge in [-0.3, -0.25) is 0 Å². The average molecular weight is 559 g/mol. The van der Waals surface area contributed by atoms with Gasteiger partial charge in [0.15, 0.2) is 0 Å². The van der Waals surface area contributed by atoms with E-state index in [-0.39, 0.29) is 23.2 Å². The van der Waals surface area contributed by atoms with Gasteiger partial charge in [0.1, 0.15) is 17.1 Å². The van der Waals surface area contributed by atoms with Crippen molar-refractivity contribution >= 4 is 0 Å². The molecule has 5 nitrogen and oxygen atoms in total. The number of aromatic hydroxyl groups is 2. The quantitative estimate of drug-likeness (QED) is 0.294. The monoisotopic (exact) mass is 558 g/mol. The van der Waals surface area contributed by atoms with Gasteiger partial charge in [-0.25, -0.2) is 0 Å². The standard InChI is InChI=1S/C36H46O5/c1-34-13-11-27-26(28(34)9-10-31(34)39)7-4-20-16-22(38)17-30(33(20)27)36(41)32(40)18-29-25-6-3-19-15-21(37)5-8-23(19)24(25)12-14-35(29,36)2/h5,8,15-17,24-29,31-32,37-41H,3-4,6-7,9-14,18H2,1-2H3/t24-,25-,26-,27+,28+,29+,31-,32-,34+,35+,36+/m1/s1. The highest BCUT2D eigenvalue weighted by Crippen LogP contribution is 2.69. The smallest absolute Gasteiger partial charge is 0.121 e. The van der Waals surface area contributed by atoms with Crippen LogP contribution >= 0.6 is 0 Å². The molecule has 2 aromatic rings. The van der Waals surface area contributed by atoms with Gasteiger partial charge in [-0.2, -0.15) is 0 Å². The van der Waals surface area contributed by atoms with Crippen LogP contribution in [-0.2, 0) is 18.4 Å². The fraction of sp³-hybridized carbons (Fsp3) is 0.667. The van der Waals surface area contributed by atoms with E-state index in [0.717, 1.165) is 75.3 Å². The Kier molecular flexibility index (Phi) is 5.66. The van der Waals surface area contributed by atoms with Gasteiger partial charge in [0.05, 0.1) is 12.2 Å². The lowest BCUT2D eigenvalue weighted by Crippen LogP contribution is -2.53. The molecule has 8 rings (SSSR count). The molecule has 4 fully saturated rings. The van der Waals surface area contributed by atoms with Crippen molar-refractivity contribution in [3.8, 4) is 11.5 Å². The summed E-state index contributed by atoms with van der Waals surface area (Å²) >= 11 is 0. The molecule has 0 aromatic heterocycles. The van der Waals surface area contributed by atoms with E-state index in [4.69, 9.17) is 0 Å². The fourth-order valence-electron chi connectivity index (χ4n) is 12.1. The maximum Gasteiger partial charge on any atom is 0.121 e. The highest BCUT2D eigenvalue weighted by Gasteiger charge is 2.67. The van der Waals surface area contributed by atoms with E-state index in [1.54, 1.807) is 6.07 Å². The molecule has 41 heavy (non-hydrogen) atoms. The van der Waals surface area contributed by atoms with Gasteiger partial charge in [-0.05, 0) is 164 Å². The molecule has 0 bridgehead atoms. The Morgan fingerprint density at radius 1 is 0.707 bits per heavy atom. The Balaban J connectivity index is 1.21. The summed E-state index contributed by atoms with van der Waals surface area (Å²) in [6.45, 7) is 4.51. The van der Waals surface area contributed by atoms with Crippen molar-refractivity contribution in [3.63, 3.8) is 0 Å². The SMILES string of the molecule is C[C@]12CC[C@@H]3c4c(cc(O)cc4[C@]4(O)[C@H](O)C[C@H]5[C@@H]6CCc7cc(O)ccc7[C@H]6CC[C@@]54C)CC[C@H]3[C@@H]1CC[C@H]2O. The van der Waals surface area contributed by atoms with Crippen LogP contribution in [0.5, 0.6) is 11.5 Å². The predicted molar refractivity (Wildman–Crippen MR) is 157 cm³/mol. The van der Waals surface area contributed by atoms with Crippen molar-refractivity contribution in [1.82, 2.24) is 0 Å². The van der Waals surface area contributed by atoms with Crippen LogP contribution in [0, 0.1) is 34.5 Å². The Bertz CT molecular complexity index is 1400. The highest BCUT2D eigenvalue weighted by molar-refractivity contribution is 5.51. The minimum Gasteiger partial charge on any atom is -0.508 e. The second kappa shape index (κ2) is 8.74. The molecule has 0 radical (unpaired) electrons. The molecule has 2 aromatic carbocycles. The summed E-state index contributed by atoms with van der Waals surface area (Å²) in [5.41, 5.74) is 3.80. The molecule has 0 aliphatic heterocycles. The number of rotatable bonds is 1. The highest BCUT2D eigenvalue weighted by atomic mass is 16.3. The first-order chi connectivity index (χ1) is 19.6. The number of fused-ring (bicyclic) bond motifs is 10. The molecule has 220 valence electrons. The number of aryl methyl sites for hydroxylation is 2. The Hall–Kier alpha value is -2.08. The number of aliphatic hydroxyl groups excluding tert-OH is 2. The van der Waals surface area contributed by atoms with Crippen LogP contribution in [0.25, 0.3) is 0 Å². The third-order valence-corrected chi connectivity index (χ3v) is 14.1. The predicted octanol–water partition coefficient (Wildman–Crippen LogP) is 6.03. The van der Waals surface area contributed by atoms with E-state index in [1.165, 1.54) is 16.7 Å². The summed E-state index contributed by atoms with van der Waals surface area (Å²) in [4.78, 5) is 0. The minimum atomic E-state index is -1.42. The number of benzene rings is 2. The number of hydrogen-bond acceptors (Lipinski definition) is 5. The van der Waals surface area contributed by atoms with Gasteiger partial charge in [0, 0.05) is 5.41 Å². The summed E-state index contributed by atoms with van der Waals surface area (Å²) in [6, 6.07) is 9.56. The van der Waals surface area contributed by atoms with Crippen LogP contribution in [0.1, 0.15) is 111 Å². The van der Waals surface area contributed by atoms with Gasteiger partial charge in [0.2, 0.25) is 0 Å². The Morgan fingerprint density at radius 2 is 1.41 bits per heavy atom. The van der Waals surface area contributed by atoms with E-state index in [0.29, 0.717) is 41.8 Å². The van der Waals surface area contributed by atoms with Gasteiger partial charge in [-0.15, -0.1) is 0 Å². The summed E-state index contributed by atoms with van der Waals surface area (Å²) < 4.78 is 0. The van der Waals surface area contributed by atoms with Crippen LogP contribution in [0.2, 0.25) is 0 Å². The van der Waals surface area contributed by atoms with Crippen LogP contribution in [0.3, 0.4) is 0 Å². The van der Waals surface area contributed by atoms with Crippen molar-refractivity contribution in [2.24, 2.45) is 34.5 Å². The zero-order valence-electron chi connectivity index (χ0n) is 24.5. The first-order valence-corrected chi connectivity index (χ1v) is 16.3. The topological polar surface area (TPSA) is 101 Å². The zero-order chi connectivity index (χ0) is 28.5. The third kappa shape index (κ3) is 3.35. The second-order valence-corrected chi connectivity index (χ2v) is 15.4. The molecule has 5 N–H and O–H groups in total. The van der Waals surface area contributed by atoms with Crippen molar-refractivity contribution < 1.29 is 25.5 Å². The normalized spacial score (nSPS) is 46.1. The van der Waals surface area contributed by atoms with Crippen molar-refractivity contribution in [3.05, 3.63) is 58.1 Å². The summed E-state index contributed by atoms with van der Waals surface area (Å²) in [5.74, 6) is 2.72. The lowest BCUT2D eigenvalue weighted by molar-refractivity contribution is -0.149. The maximum atomic E-state index is 13.0. The molecule has 0 saturated heterocycles. The molecular formula is C36H46O5. The minimum absolute atomic E-state index is 0.0248. The molecule has 11 atom stereocenters.